The van der Waals surface area contributed by atoms with Crippen molar-refractivity contribution in [1.29, 1.82) is 0 Å². The average molecular weight is 466 g/mol. The number of methoxy groups -OCH3 is 1. The van der Waals surface area contributed by atoms with E-state index < -0.39 is 10.0 Å². The quantitative estimate of drug-likeness (QED) is 0.600. The van der Waals surface area contributed by atoms with Crippen LogP contribution in [0.1, 0.15) is 15.9 Å². The van der Waals surface area contributed by atoms with Gasteiger partial charge in [-0.15, -0.1) is 0 Å². The lowest BCUT2D eigenvalue weighted by molar-refractivity contribution is 0.102. The Morgan fingerprint density at radius 2 is 1.58 bits per heavy atom. The maximum atomic E-state index is 13.2. The van der Waals surface area contributed by atoms with Crippen molar-refractivity contribution in [2.75, 3.05) is 43.5 Å². The van der Waals surface area contributed by atoms with Gasteiger partial charge in [0.05, 0.1) is 12.0 Å². The molecule has 0 radical (unpaired) electrons. The molecule has 0 aliphatic carbocycles. The normalized spacial score (nSPS) is 14.7. The number of piperazine rings is 1. The number of sulfonamides is 1. The third kappa shape index (κ3) is 5.02. The molecule has 0 bridgehead atoms. The van der Waals surface area contributed by atoms with Crippen molar-refractivity contribution in [2.45, 2.75) is 11.8 Å². The van der Waals surface area contributed by atoms with E-state index in [0.717, 1.165) is 11.4 Å². The standard InChI is InChI=1S/C25H27N3O4S/c1-19-18-23(12-13-24(19)26-25(29)20-6-4-3-5-7-20)33(30,31)28-16-14-27(15-17-28)21-8-10-22(32-2)11-9-21/h3-13,18H,14-17H2,1-2H3,(H,26,29). The molecule has 3 aromatic carbocycles. The number of benzene rings is 3. The molecule has 0 atom stereocenters. The highest BCUT2D eigenvalue weighted by molar-refractivity contribution is 7.89. The smallest absolute Gasteiger partial charge is 0.255 e. The highest BCUT2D eigenvalue weighted by Gasteiger charge is 2.29. The zero-order valence-corrected chi connectivity index (χ0v) is 19.5. The number of carbonyl (C=O) groups excluding carboxylic acids is 1. The van der Waals surface area contributed by atoms with Gasteiger partial charge in [0.15, 0.2) is 0 Å². The Hall–Kier alpha value is -3.36. The molecule has 0 aromatic heterocycles. The molecule has 1 N–H and O–H groups in total. The Morgan fingerprint density at radius 1 is 0.909 bits per heavy atom. The Kier molecular flexibility index (Phi) is 6.67. The van der Waals surface area contributed by atoms with Crippen molar-refractivity contribution in [3.05, 3.63) is 83.9 Å². The second-order valence-corrected chi connectivity index (χ2v) is 9.82. The van der Waals surface area contributed by atoms with E-state index in [0.29, 0.717) is 43.0 Å². The topological polar surface area (TPSA) is 79.0 Å². The lowest BCUT2D eigenvalue weighted by Crippen LogP contribution is -2.48. The van der Waals surface area contributed by atoms with Crippen LogP contribution in [0.5, 0.6) is 5.75 Å². The SMILES string of the molecule is COc1ccc(N2CCN(S(=O)(=O)c3ccc(NC(=O)c4ccccc4)c(C)c3)CC2)cc1. The lowest BCUT2D eigenvalue weighted by atomic mass is 10.1. The molecule has 1 fully saturated rings. The zero-order chi connectivity index (χ0) is 23.4. The summed E-state index contributed by atoms with van der Waals surface area (Å²) in [6, 6.07) is 21.5. The maximum absolute atomic E-state index is 13.2. The van der Waals surface area contributed by atoms with Crippen LogP contribution in [0.4, 0.5) is 11.4 Å². The van der Waals surface area contributed by atoms with Crippen LogP contribution >= 0.6 is 0 Å². The zero-order valence-electron chi connectivity index (χ0n) is 18.7. The largest absolute Gasteiger partial charge is 0.497 e. The second-order valence-electron chi connectivity index (χ2n) is 7.89. The minimum atomic E-state index is -3.62. The number of amides is 1. The first-order valence-corrected chi connectivity index (χ1v) is 12.2. The highest BCUT2D eigenvalue weighted by Crippen LogP contribution is 2.26. The van der Waals surface area contributed by atoms with E-state index in [1.165, 1.54) is 4.31 Å². The monoisotopic (exact) mass is 465 g/mol. The average Bonchev–Trinajstić information content (AvgIpc) is 2.86. The molecule has 33 heavy (non-hydrogen) atoms. The molecule has 3 aromatic rings. The van der Waals surface area contributed by atoms with Gasteiger partial charge in [0, 0.05) is 43.1 Å². The van der Waals surface area contributed by atoms with E-state index in [2.05, 4.69) is 10.2 Å². The predicted octanol–water partition coefficient (Wildman–Crippen LogP) is 3.77. The van der Waals surface area contributed by atoms with E-state index in [4.69, 9.17) is 4.74 Å². The number of ether oxygens (including phenoxy) is 1. The van der Waals surface area contributed by atoms with Gasteiger partial charge in [-0.3, -0.25) is 4.79 Å². The van der Waals surface area contributed by atoms with Crippen molar-refractivity contribution >= 4 is 27.3 Å². The molecule has 172 valence electrons. The molecular weight excluding hydrogens is 438 g/mol. The van der Waals surface area contributed by atoms with Gasteiger partial charge in [0.1, 0.15) is 5.75 Å². The summed E-state index contributed by atoms with van der Waals surface area (Å²) in [6.45, 7) is 3.81. The van der Waals surface area contributed by atoms with Crippen LogP contribution in [0.3, 0.4) is 0 Å². The van der Waals surface area contributed by atoms with Crippen LogP contribution in [0, 0.1) is 6.92 Å². The predicted molar refractivity (Wildman–Crippen MR) is 130 cm³/mol. The van der Waals surface area contributed by atoms with Gasteiger partial charge < -0.3 is 15.0 Å². The van der Waals surface area contributed by atoms with E-state index in [1.54, 1.807) is 56.5 Å². The van der Waals surface area contributed by atoms with Crippen LogP contribution in [0.2, 0.25) is 0 Å². The summed E-state index contributed by atoms with van der Waals surface area (Å²) >= 11 is 0. The maximum Gasteiger partial charge on any atom is 0.255 e. The molecule has 1 aliphatic heterocycles. The summed E-state index contributed by atoms with van der Waals surface area (Å²) in [7, 11) is -2.00. The molecule has 1 aliphatic rings. The molecule has 0 saturated carbocycles. The minimum Gasteiger partial charge on any atom is -0.497 e. The van der Waals surface area contributed by atoms with E-state index in [9.17, 15) is 13.2 Å². The lowest BCUT2D eigenvalue weighted by Gasteiger charge is -2.35. The number of aryl methyl sites for hydroxylation is 1. The molecule has 0 unspecified atom stereocenters. The first-order valence-electron chi connectivity index (χ1n) is 10.7. The number of rotatable bonds is 6. The molecule has 8 heteroatoms. The van der Waals surface area contributed by atoms with E-state index in [-0.39, 0.29) is 10.8 Å². The molecular formula is C25H27N3O4S. The number of nitrogens with zero attached hydrogens (tertiary/aromatic N) is 2. The van der Waals surface area contributed by atoms with Crippen molar-refractivity contribution in [1.82, 2.24) is 4.31 Å². The van der Waals surface area contributed by atoms with E-state index >= 15 is 0 Å². The summed E-state index contributed by atoms with van der Waals surface area (Å²) in [6.07, 6.45) is 0. The van der Waals surface area contributed by atoms with Crippen molar-refractivity contribution in [3.63, 3.8) is 0 Å². The van der Waals surface area contributed by atoms with Gasteiger partial charge in [-0.25, -0.2) is 8.42 Å². The second kappa shape index (κ2) is 9.64. The van der Waals surface area contributed by atoms with Crippen LogP contribution in [0.25, 0.3) is 0 Å². The third-order valence-electron chi connectivity index (χ3n) is 5.80. The van der Waals surface area contributed by atoms with Crippen LogP contribution < -0.4 is 15.0 Å². The Bertz CT molecular complexity index is 1220. The van der Waals surface area contributed by atoms with Crippen LogP contribution in [-0.4, -0.2) is 51.9 Å². The van der Waals surface area contributed by atoms with Crippen molar-refractivity contribution in [2.24, 2.45) is 0 Å². The van der Waals surface area contributed by atoms with Gasteiger partial charge >= 0.3 is 0 Å². The van der Waals surface area contributed by atoms with Gasteiger partial charge in [-0.05, 0) is 67.1 Å². The van der Waals surface area contributed by atoms with Gasteiger partial charge in [0.25, 0.3) is 5.91 Å². The Balaban J connectivity index is 1.43. The summed E-state index contributed by atoms with van der Waals surface area (Å²) in [5.74, 6) is 0.558. The first kappa shape index (κ1) is 22.8. The summed E-state index contributed by atoms with van der Waals surface area (Å²) in [4.78, 5) is 14.8. The number of carbonyl (C=O) groups is 1. The van der Waals surface area contributed by atoms with Crippen LogP contribution in [0.15, 0.2) is 77.7 Å². The third-order valence-corrected chi connectivity index (χ3v) is 7.69. The van der Waals surface area contributed by atoms with Gasteiger partial charge in [-0.2, -0.15) is 4.31 Å². The molecule has 7 nitrogen and oxygen atoms in total. The molecule has 1 heterocycles. The Morgan fingerprint density at radius 3 is 2.18 bits per heavy atom. The molecule has 1 amide bonds. The van der Waals surface area contributed by atoms with Crippen LogP contribution in [-0.2, 0) is 10.0 Å². The minimum absolute atomic E-state index is 0.232. The molecule has 4 rings (SSSR count). The fraction of sp³-hybridized carbons (Fsp3) is 0.240. The molecule has 1 saturated heterocycles. The molecule has 0 spiro atoms. The number of nitrogens with one attached hydrogen (secondary N) is 1. The summed E-state index contributed by atoms with van der Waals surface area (Å²) in [5.41, 5.74) is 2.87. The van der Waals surface area contributed by atoms with E-state index in [1.807, 2.05) is 30.3 Å². The summed E-state index contributed by atoms with van der Waals surface area (Å²) in [5, 5.41) is 2.85. The Labute approximate surface area is 194 Å². The highest BCUT2D eigenvalue weighted by atomic mass is 32.2. The van der Waals surface area contributed by atoms with Crippen molar-refractivity contribution in [3.8, 4) is 5.75 Å². The van der Waals surface area contributed by atoms with Crippen molar-refractivity contribution < 1.29 is 17.9 Å². The number of hydrogen-bond acceptors (Lipinski definition) is 5. The first-order chi connectivity index (χ1) is 15.9. The van der Waals surface area contributed by atoms with Gasteiger partial charge in [-0.1, -0.05) is 18.2 Å². The number of hydrogen-bond donors (Lipinski definition) is 1. The summed E-state index contributed by atoms with van der Waals surface area (Å²) < 4.78 is 33.2. The van der Waals surface area contributed by atoms with Gasteiger partial charge in [0.2, 0.25) is 10.0 Å². The fourth-order valence-corrected chi connectivity index (χ4v) is 5.36. The number of anilines is 2. The fourth-order valence-electron chi connectivity index (χ4n) is 3.85.